The third-order valence-electron chi connectivity index (χ3n) is 4.86. The zero-order valence-electron chi connectivity index (χ0n) is 13.6. The van der Waals surface area contributed by atoms with Crippen molar-refractivity contribution in [2.75, 3.05) is 12.3 Å². The number of amides is 1. The number of hydrogen-bond donors (Lipinski definition) is 2. The van der Waals surface area contributed by atoms with Gasteiger partial charge in [-0.2, -0.15) is 0 Å². The van der Waals surface area contributed by atoms with Crippen LogP contribution in [-0.2, 0) is 5.41 Å². The zero-order valence-corrected chi connectivity index (χ0v) is 14.5. The third-order valence-corrected chi connectivity index (χ3v) is 4.86. The van der Waals surface area contributed by atoms with Crippen LogP contribution in [0.15, 0.2) is 42.5 Å². The molecule has 5 heteroatoms. The molecule has 0 unspecified atom stereocenters. The molecule has 0 aromatic heterocycles. The van der Waals surface area contributed by atoms with Gasteiger partial charge in [0.2, 0.25) is 0 Å². The van der Waals surface area contributed by atoms with Gasteiger partial charge in [-0.3, -0.25) is 4.79 Å². The standard InChI is InChI=1S/C19H21FN2O.ClH/c1-13-3-8-16(21)11-17(13)18(23)22-12-19(9-2-10-19)14-4-6-15(20)7-5-14;/h3-8,11H,2,9-10,12,21H2,1H3,(H,22,23);1H. The van der Waals surface area contributed by atoms with Crippen LogP contribution >= 0.6 is 12.4 Å². The summed E-state index contributed by atoms with van der Waals surface area (Å²) < 4.78 is 13.1. The van der Waals surface area contributed by atoms with Crippen LogP contribution in [0.4, 0.5) is 10.1 Å². The molecule has 1 aliphatic carbocycles. The predicted octanol–water partition coefficient (Wildman–Crippen LogP) is 3.99. The summed E-state index contributed by atoms with van der Waals surface area (Å²) in [5.74, 6) is -0.342. The molecule has 1 amide bonds. The number of carbonyl (C=O) groups excluding carboxylic acids is 1. The Bertz CT molecular complexity index is 727. The average molecular weight is 349 g/mol. The van der Waals surface area contributed by atoms with E-state index in [1.807, 2.05) is 25.1 Å². The summed E-state index contributed by atoms with van der Waals surface area (Å²) in [6, 6.07) is 12.0. The van der Waals surface area contributed by atoms with Crippen molar-refractivity contribution < 1.29 is 9.18 Å². The first-order chi connectivity index (χ1) is 11.0. The lowest BCUT2D eigenvalue weighted by Gasteiger charge is -2.42. The molecule has 0 atom stereocenters. The van der Waals surface area contributed by atoms with Gasteiger partial charge in [0, 0.05) is 23.2 Å². The van der Waals surface area contributed by atoms with Gasteiger partial charge in [0.05, 0.1) is 0 Å². The molecule has 0 heterocycles. The number of rotatable bonds is 4. The fraction of sp³-hybridized carbons (Fsp3) is 0.316. The molecule has 1 fully saturated rings. The molecule has 128 valence electrons. The van der Waals surface area contributed by atoms with Crippen LogP contribution < -0.4 is 11.1 Å². The highest BCUT2D eigenvalue weighted by atomic mass is 35.5. The van der Waals surface area contributed by atoms with E-state index < -0.39 is 0 Å². The molecule has 1 saturated carbocycles. The molecule has 1 aliphatic rings. The van der Waals surface area contributed by atoms with Crippen molar-refractivity contribution in [2.45, 2.75) is 31.6 Å². The molecule has 3 rings (SSSR count). The van der Waals surface area contributed by atoms with Crippen LogP contribution in [0.3, 0.4) is 0 Å². The maximum atomic E-state index is 13.1. The first kappa shape index (κ1) is 18.3. The first-order valence-electron chi connectivity index (χ1n) is 7.91. The maximum absolute atomic E-state index is 13.1. The van der Waals surface area contributed by atoms with E-state index >= 15 is 0 Å². The van der Waals surface area contributed by atoms with Gasteiger partial charge in [-0.15, -0.1) is 12.4 Å². The van der Waals surface area contributed by atoms with Crippen LogP contribution in [0.5, 0.6) is 0 Å². The zero-order chi connectivity index (χ0) is 16.4. The Labute approximate surface area is 147 Å². The molecule has 24 heavy (non-hydrogen) atoms. The summed E-state index contributed by atoms with van der Waals surface area (Å²) in [7, 11) is 0. The number of aryl methyl sites for hydroxylation is 1. The van der Waals surface area contributed by atoms with Crippen LogP contribution in [-0.4, -0.2) is 12.5 Å². The molecule has 0 bridgehead atoms. The van der Waals surface area contributed by atoms with Crippen molar-refractivity contribution in [3.8, 4) is 0 Å². The number of carbonyl (C=O) groups is 1. The average Bonchev–Trinajstić information content (AvgIpc) is 2.50. The Balaban J connectivity index is 0.00000208. The van der Waals surface area contributed by atoms with E-state index in [9.17, 15) is 9.18 Å². The summed E-state index contributed by atoms with van der Waals surface area (Å²) in [5.41, 5.74) is 8.89. The molecule has 2 aromatic carbocycles. The lowest BCUT2D eigenvalue weighted by Crippen LogP contribution is -2.45. The summed E-state index contributed by atoms with van der Waals surface area (Å²) in [5, 5.41) is 3.03. The monoisotopic (exact) mass is 348 g/mol. The van der Waals surface area contributed by atoms with Crippen molar-refractivity contribution in [1.82, 2.24) is 5.32 Å². The Hall–Kier alpha value is -2.07. The predicted molar refractivity (Wildman–Crippen MR) is 97.1 cm³/mol. The van der Waals surface area contributed by atoms with Crippen molar-refractivity contribution in [3.05, 3.63) is 65.0 Å². The van der Waals surface area contributed by atoms with Gasteiger partial charge in [-0.25, -0.2) is 4.39 Å². The Morgan fingerprint density at radius 2 is 1.88 bits per heavy atom. The lowest BCUT2D eigenvalue weighted by molar-refractivity contribution is 0.0927. The molecule has 3 N–H and O–H groups in total. The second-order valence-corrected chi connectivity index (χ2v) is 6.40. The van der Waals surface area contributed by atoms with Gasteiger partial charge < -0.3 is 11.1 Å². The van der Waals surface area contributed by atoms with Crippen molar-refractivity contribution in [1.29, 1.82) is 0 Å². The van der Waals surface area contributed by atoms with Crippen molar-refractivity contribution >= 4 is 24.0 Å². The number of nitrogen functional groups attached to an aromatic ring is 1. The molecular weight excluding hydrogens is 327 g/mol. The highest BCUT2D eigenvalue weighted by Crippen LogP contribution is 2.43. The van der Waals surface area contributed by atoms with Gasteiger partial charge >= 0.3 is 0 Å². The van der Waals surface area contributed by atoms with E-state index in [0.717, 1.165) is 30.4 Å². The van der Waals surface area contributed by atoms with E-state index in [2.05, 4.69) is 5.32 Å². The quantitative estimate of drug-likeness (QED) is 0.821. The highest BCUT2D eigenvalue weighted by Gasteiger charge is 2.38. The van der Waals surface area contributed by atoms with E-state index in [4.69, 9.17) is 5.73 Å². The number of anilines is 1. The van der Waals surface area contributed by atoms with E-state index in [1.54, 1.807) is 12.1 Å². The van der Waals surface area contributed by atoms with Crippen LogP contribution in [0.25, 0.3) is 0 Å². The number of nitrogens with one attached hydrogen (secondary N) is 1. The minimum absolute atomic E-state index is 0. The molecular formula is C19H22ClFN2O. The summed E-state index contributed by atoms with van der Waals surface area (Å²) in [6.07, 6.45) is 3.15. The molecule has 2 aromatic rings. The van der Waals surface area contributed by atoms with Gasteiger partial charge in [0.15, 0.2) is 0 Å². The first-order valence-corrected chi connectivity index (χ1v) is 7.91. The maximum Gasteiger partial charge on any atom is 0.251 e. The molecule has 0 saturated heterocycles. The van der Waals surface area contributed by atoms with Gasteiger partial charge in [0.1, 0.15) is 5.82 Å². The Morgan fingerprint density at radius 3 is 2.46 bits per heavy atom. The molecule has 0 aliphatic heterocycles. The van der Waals surface area contributed by atoms with Crippen molar-refractivity contribution in [2.24, 2.45) is 0 Å². The molecule has 3 nitrogen and oxygen atoms in total. The van der Waals surface area contributed by atoms with Crippen LogP contribution in [0.1, 0.15) is 40.7 Å². The second-order valence-electron chi connectivity index (χ2n) is 6.40. The van der Waals surface area contributed by atoms with Crippen LogP contribution in [0.2, 0.25) is 0 Å². The van der Waals surface area contributed by atoms with Gasteiger partial charge in [0.25, 0.3) is 5.91 Å². The van der Waals surface area contributed by atoms with Crippen LogP contribution in [0, 0.1) is 12.7 Å². The third kappa shape index (κ3) is 3.54. The van der Waals surface area contributed by atoms with E-state index in [-0.39, 0.29) is 29.5 Å². The fourth-order valence-corrected chi connectivity index (χ4v) is 3.20. The van der Waals surface area contributed by atoms with E-state index in [0.29, 0.717) is 17.8 Å². The largest absolute Gasteiger partial charge is 0.399 e. The molecule has 0 radical (unpaired) electrons. The minimum Gasteiger partial charge on any atom is -0.399 e. The highest BCUT2D eigenvalue weighted by molar-refractivity contribution is 5.96. The topological polar surface area (TPSA) is 55.1 Å². The van der Waals surface area contributed by atoms with Gasteiger partial charge in [-0.1, -0.05) is 24.6 Å². The minimum atomic E-state index is -0.234. The van der Waals surface area contributed by atoms with Crippen molar-refractivity contribution in [3.63, 3.8) is 0 Å². The Kier molecular flexibility index (Phi) is 5.50. The van der Waals surface area contributed by atoms with E-state index in [1.165, 1.54) is 12.1 Å². The SMILES string of the molecule is Cc1ccc(N)cc1C(=O)NCC1(c2ccc(F)cc2)CCC1.Cl. The molecule has 0 spiro atoms. The summed E-state index contributed by atoms with van der Waals surface area (Å²) in [4.78, 5) is 12.5. The smallest absolute Gasteiger partial charge is 0.251 e. The second kappa shape index (κ2) is 7.22. The number of nitrogens with two attached hydrogens (primary N) is 1. The van der Waals surface area contributed by atoms with Gasteiger partial charge in [-0.05, 0) is 55.2 Å². The summed E-state index contributed by atoms with van der Waals surface area (Å²) >= 11 is 0. The Morgan fingerprint density at radius 1 is 1.21 bits per heavy atom. The normalized spacial score (nSPS) is 15.1. The number of halogens is 2. The summed E-state index contributed by atoms with van der Waals surface area (Å²) in [6.45, 7) is 2.46. The number of hydrogen-bond acceptors (Lipinski definition) is 2. The lowest BCUT2D eigenvalue weighted by atomic mass is 9.64. The fourth-order valence-electron chi connectivity index (χ4n) is 3.20. The number of benzene rings is 2.